The second-order valence-corrected chi connectivity index (χ2v) is 9.60. The second-order valence-electron chi connectivity index (χ2n) is 9.60. The van der Waals surface area contributed by atoms with Gasteiger partial charge in [0, 0.05) is 12.6 Å². The van der Waals surface area contributed by atoms with E-state index in [1.165, 1.54) is 0 Å². The quantitative estimate of drug-likeness (QED) is 0.535. The Morgan fingerprint density at radius 2 is 2.12 bits per heavy atom. The van der Waals surface area contributed by atoms with Crippen molar-refractivity contribution in [1.82, 2.24) is 9.55 Å². The number of hydrogen-bond donors (Lipinski definition) is 0. The van der Waals surface area contributed by atoms with E-state index in [1.807, 2.05) is 49.6 Å². The Balaban J connectivity index is 1.38. The molecule has 3 aromatic rings. The van der Waals surface area contributed by atoms with Crippen LogP contribution in [0.1, 0.15) is 45.1 Å². The van der Waals surface area contributed by atoms with Crippen molar-refractivity contribution in [2.24, 2.45) is 5.41 Å². The molecule has 7 heteroatoms. The van der Waals surface area contributed by atoms with Gasteiger partial charge in [-0.25, -0.2) is 9.78 Å². The van der Waals surface area contributed by atoms with Gasteiger partial charge in [-0.2, -0.15) is 5.26 Å². The molecular weight excluding hydrogens is 416 g/mol. The minimum Gasteiger partial charge on any atom is -0.494 e. The molecule has 1 saturated carbocycles. The molecule has 2 fully saturated rings. The maximum atomic E-state index is 12.9. The zero-order valence-corrected chi connectivity index (χ0v) is 19.1. The van der Waals surface area contributed by atoms with E-state index < -0.39 is 5.60 Å². The van der Waals surface area contributed by atoms with Crippen molar-refractivity contribution in [3.05, 3.63) is 54.4 Å². The number of fused-ring (bicyclic) bond motifs is 1. The van der Waals surface area contributed by atoms with Crippen LogP contribution in [-0.4, -0.2) is 34.4 Å². The molecule has 1 spiro atoms. The van der Waals surface area contributed by atoms with Crippen molar-refractivity contribution < 1.29 is 14.3 Å². The first kappa shape index (κ1) is 21.3. The maximum Gasteiger partial charge on any atom is 0.415 e. The van der Waals surface area contributed by atoms with Gasteiger partial charge in [0.2, 0.25) is 0 Å². The normalized spacial score (nSPS) is 24.8. The lowest BCUT2D eigenvalue weighted by Gasteiger charge is -2.43. The molecule has 0 unspecified atom stereocenters. The summed E-state index contributed by atoms with van der Waals surface area (Å²) in [6.45, 7) is 6.09. The number of rotatable bonds is 5. The topological polar surface area (TPSA) is 80.4 Å². The van der Waals surface area contributed by atoms with Gasteiger partial charge in [0.05, 0.1) is 47.8 Å². The summed E-state index contributed by atoms with van der Waals surface area (Å²) in [6, 6.07) is 15.4. The SMILES string of the molecule is CCOc1cccc(N2C[C@@]3(CCC[C@](C)(Cn4cnc5ccc(C#N)cc54)C3)OC2=O)c1. The van der Waals surface area contributed by atoms with Crippen LogP contribution in [0.5, 0.6) is 5.75 Å². The highest BCUT2D eigenvalue weighted by molar-refractivity contribution is 5.90. The average molecular weight is 445 g/mol. The van der Waals surface area contributed by atoms with Crippen molar-refractivity contribution in [3.8, 4) is 11.8 Å². The van der Waals surface area contributed by atoms with E-state index in [-0.39, 0.29) is 11.5 Å². The lowest BCUT2D eigenvalue weighted by Crippen LogP contribution is -2.45. The number of carbonyl (C=O) groups is 1. The number of hydrogen-bond acceptors (Lipinski definition) is 5. The fourth-order valence-corrected chi connectivity index (χ4v) is 5.54. The predicted octanol–water partition coefficient (Wildman–Crippen LogP) is 5.28. The van der Waals surface area contributed by atoms with Gasteiger partial charge in [-0.15, -0.1) is 0 Å². The van der Waals surface area contributed by atoms with Gasteiger partial charge in [-0.3, -0.25) is 4.90 Å². The minimum atomic E-state index is -0.500. The zero-order chi connectivity index (χ0) is 23.1. The van der Waals surface area contributed by atoms with E-state index in [1.54, 1.807) is 11.0 Å². The van der Waals surface area contributed by atoms with Crippen LogP contribution < -0.4 is 9.64 Å². The molecule has 7 nitrogen and oxygen atoms in total. The molecule has 5 rings (SSSR count). The summed E-state index contributed by atoms with van der Waals surface area (Å²) in [4.78, 5) is 19.2. The molecule has 33 heavy (non-hydrogen) atoms. The first-order chi connectivity index (χ1) is 15.9. The van der Waals surface area contributed by atoms with Crippen molar-refractivity contribution >= 4 is 22.8 Å². The predicted molar refractivity (Wildman–Crippen MR) is 125 cm³/mol. The number of anilines is 1. The number of benzene rings is 2. The largest absolute Gasteiger partial charge is 0.494 e. The molecule has 2 heterocycles. The third-order valence-corrected chi connectivity index (χ3v) is 6.87. The number of amides is 1. The molecule has 1 aliphatic heterocycles. The van der Waals surface area contributed by atoms with Gasteiger partial charge < -0.3 is 14.0 Å². The molecule has 1 saturated heterocycles. The van der Waals surface area contributed by atoms with Gasteiger partial charge in [0.1, 0.15) is 11.4 Å². The fraction of sp³-hybridized carbons (Fsp3) is 0.423. The highest BCUT2D eigenvalue weighted by Crippen LogP contribution is 2.48. The Bertz CT molecular complexity index is 1250. The number of carbonyl (C=O) groups excluding carboxylic acids is 1. The Labute approximate surface area is 193 Å². The van der Waals surface area contributed by atoms with Crippen LogP contribution in [0, 0.1) is 16.7 Å². The van der Waals surface area contributed by atoms with Crippen LogP contribution in [-0.2, 0) is 11.3 Å². The van der Waals surface area contributed by atoms with Crippen molar-refractivity contribution in [1.29, 1.82) is 5.26 Å². The van der Waals surface area contributed by atoms with Crippen LogP contribution in [0.15, 0.2) is 48.8 Å². The highest BCUT2D eigenvalue weighted by atomic mass is 16.6. The molecule has 1 aliphatic carbocycles. The van der Waals surface area contributed by atoms with Gasteiger partial charge in [-0.05, 0) is 68.4 Å². The molecular formula is C26H28N4O3. The summed E-state index contributed by atoms with van der Waals surface area (Å²) >= 11 is 0. The minimum absolute atomic E-state index is 0.0576. The first-order valence-electron chi connectivity index (χ1n) is 11.5. The molecule has 1 amide bonds. The van der Waals surface area contributed by atoms with Crippen LogP contribution >= 0.6 is 0 Å². The highest BCUT2D eigenvalue weighted by Gasteiger charge is 2.51. The molecule has 2 atom stereocenters. The van der Waals surface area contributed by atoms with Gasteiger partial charge >= 0.3 is 6.09 Å². The zero-order valence-electron chi connectivity index (χ0n) is 19.1. The Morgan fingerprint density at radius 3 is 2.94 bits per heavy atom. The second kappa shape index (κ2) is 8.11. The molecule has 1 aromatic heterocycles. The number of imidazole rings is 1. The number of ether oxygens (including phenoxy) is 2. The number of nitriles is 1. The lowest BCUT2D eigenvalue weighted by atomic mass is 9.68. The summed E-state index contributed by atoms with van der Waals surface area (Å²) < 4.78 is 13.8. The average Bonchev–Trinajstić information content (AvgIpc) is 3.33. The standard InChI is InChI=1S/C26H28N4O3/c1-3-32-21-7-4-6-20(13-21)30-17-26(33-24(30)31)11-5-10-25(2,15-26)16-29-18-28-22-9-8-19(14-27)12-23(22)29/h4,6-9,12-13,18H,3,5,10-11,15-17H2,1-2H3/t25-,26-/m0/s1. The number of aromatic nitrogens is 2. The fourth-order valence-electron chi connectivity index (χ4n) is 5.54. The van der Waals surface area contributed by atoms with Crippen LogP contribution in [0.2, 0.25) is 0 Å². The van der Waals surface area contributed by atoms with E-state index in [2.05, 4.69) is 22.5 Å². The summed E-state index contributed by atoms with van der Waals surface area (Å²) in [6.07, 6.45) is 5.24. The Kier molecular flexibility index (Phi) is 5.24. The smallest absolute Gasteiger partial charge is 0.415 e. The van der Waals surface area contributed by atoms with Gasteiger partial charge in [-0.1, -0.05) is 13.0 Å². The number of nitrogens with zero attached hydrogens (tertiary/aromatic N) is 4. The van der Waals surface area contributed by atoms with E-state index >= 15 is 0 Å². The van der Waals surface area contributed by atoms with Gasteiger partial charge in [0.25, 0.3) is 0 Å². The van der Waals surface area contributed by atoms with E-state index in [0.29, 0.717) is 18.7 Å². The molecule has 0 radical (unpaired) electrons. The molecule has 2 aliphatic rings. The summed E-state index contributed by atoms with van der Waals surface area (Å²) in [5.41, 5.74) is 2.73. The van der Waals surface area contributed by atoms with Crippen LogP contribution in [0.4, 0.5) is 10.5 Å². The lowest BCUT2D eigenvalue weighted by molar-refractivity contribution is -0.0264. The first-order valence-corrected chi connectivity index (χ1v) is 11.5. The maximum absolute atomic E-state index is 12.9. The molecule has 0 bridgehead atoms. The third kappa shape index (κ3) is 4.02. The van der Waals surface area contributed by atoms with Crippen molar-refractivity contribution in [3.63, 3.8) is 0 Å². The molecule has 0 N–H and O–H groups in total. The third-order valence-electron chi connectivity index (χ3n) is 6.87. The monoisotopic (exact) mass is 444 g/mol. The van der Waals surface area contributed by atoms with E-state index in [0.717, 1.165) is 54.7 Å². The molecule has 170 valence electrons. The summed E-state index contributed by atoms with van der Waals surface area (Å²) in [7, 11) is 0. The van der Waals surface area contributed by atoms with Crippen molar-refractivity contribution in [2.75, 3.05) is 18.1 Å². The van der Waals surface area contributed by atoms with E-state index in [9.17, 15) is 10.1 Å². The Hall–Kier alpha value is -3.53. The summed E-state index contributed by atoms with van der Waals surface area (Å²) in [5.74, 6) is 0.751. The Morgan fingerprint density at radius 1 is 1.24 bits per heavy atom. The molecule has 2 aromatic carbocycles. The summed E-state index contributed by atoms with van der Waals surface area (Å²) in [5, 5.41) is 9.29. The van der Waals surface area contributed by atoms with Crippen LogP contribution in [0.3, 0.4) is 0 Å². The van der Waals surface area contributed by atoms with Crippen molar-refractivity contribution in [2.45, 2.75) is 51.7 Å². The van der Waals surface area contributed by atoms with Crippen LogP contribution in [0.25, 0.3) is 11.0 Å². The van der Waals surface area contributed by atoms with Gasteiger partial charge in [0.15, 0.2) is 0 Å². The van der Waals surface area contributed by atoms with E-state index in [4.69, 9.17) is 9.47 Å².